The van der Waals surface area contributed by atoms with Gasteiger partial charge in [-0.3, -0.25) is 4.79 Å². The number of ether oxygens (including phenoxy) is 2. The van der Waals surface area contributed by atoms with Gasteiger partial charge in [0, 0.05) is 35.4 Å². The molecule has 0 saturated heterocycles. The summed E-state index contributed by atoms with van der Waals surface area (Å²) in [5.74, 6) is 1.38. The van der Waals surface area contributed by atoms with Gasteiger partial charge in [-0.1, -0.05) is 17.7 Å². The summed E-state index contributed by atoms with van der Waals surface area (Å²) in [4.78, 5) is 11.9. The maximum atomic E-state index is 11.9. The van der Waals surface area contributed by atoms with Crippen LogP contribution in [-0.4, -0.2) is 19.2 Å². The Morgan fingerprint density at radius 3 is 2.82 bits per heavy atom. The van der Waals surface area contributed by atoms with Crippen LogP contribution >= 0.6 is 11.6 Å². The normalized spacial score (nSPS) is 12.0. The largest absolute Gasteiger partial charge is 0.454 e. The molecule has 2 aromatic rings. The predicted octanol–water partition coefficient (Wildman–Crippen LogP) is 3.51. The number of carbonyl (C=O) groups is 1. The Morgan fingerprint density at radius 1 is 1.09 bits per heavy atom. The van der Waals surface area contributed by atoms with Gasteiger partial charge in [-0.05, 0) is 30.3 Å². The van der Waals surface area contributed by atoms with Gasteiger partial charge in [0.05, 0.1) is 0 Å². The Balaban J connectivity index is 1.47. The highest BCUT2D eigenvalue weighted by molar-refractivity contribution is 6.30. The van der Waals surface area contributed by atoms with Gasteiger partial charge in [0.15, 0.2) is 11.5 Å². The lowest BCUT2D eigenvalue weighted by Gasteiger charge is -2.08. The van der Waals surface area contributed by atoms with Crippen LogP contribution in [0.3, 0.4) is 0 Å². The number of carbonyl (C=O) groups excluding carboxylic acids is 1. The molecular formula is C16H15ClN2O3. The molecule has 5 nitrogen and oxygen atoms in total. The van der Waals surface area contributed by atoms with E-state index in [-0.39, 0.29) is 12.7 Å². The Kier molecular flexibility index (Phi) is 4.34. The highest BCUT2D eigenvalue weighted by atomic mass is 35.5. The van der Waals surface area contributed by atoms with Gasteiger partial charge in [-0.25, -0.2) is 0 Å². The average Bonchev–Trinajstić information content (AvgIpc) is 2.95. The molecule has 0 saturated carbocycles. The number of amides is 1. The highest BCUT2D eigenvalue weighted by Gasteiger charge is 2.13. The highest BCUT2D eigenvalue weighted by Crippen LogP contribution is 2.34. The van der Waals surface area contributed by atoms with Crippen LogP contribution in [0.4, 0.5) is 11.4 Å². The molecular weight excluding hydrogens is 304 g/mol. The van der Waals surface area contributed by atoms with Crippen LogP contribution in [0.15, 0.2) is 42.5 Å². The van der Waals surface area contributed by atoms with E-state index in [0.717, 1.165) is 11.4 Å². The van der Waals surface area contributed by atoms with Crippen molar-refractivity contribution in [1.29, 1.82) is 0 Å². The fourth-order valence-corrected chi connectivity index (χ4v) is 2.31. The monoisotopic (exact) mass is 318 g/mol. The summed E-state index contributed by atoms with van der Waals surface area (Å²) in [6.45, 7) is 0.771. The van der Waals surface area contributed by atoms with Gasteiger partial charge in [-0.15, -0.1) is 0 Å². The first-order valence-corrected chi connectivity index (χ1v) is 7.27. The van der Waals surface area contributed by atoms with Gasteiger partial charge in [-0.2, -0.15) is 0 Å². The Morgan fingerprint density at radius 2 is 1.95 bits per heavy atom. The van der Waals surface area contributed by atoms with Crippen molar-refractivity contribution in [2.24, 2.45) is 0 Å². The van der Waals surface area contributed by atoms with Crippen LogP contribution in [-0.2, 0) is 4.79 Å². The maximum Gasteiger partial charge on any atom is 0.231 e. The zero-order valence-electron chi connectivity index (χ0n) is 11.8. The molecule has 0 bridgehead atoms. The van der Waals surface area contributed by atoms with Crippen molar-refractivity contribution < 1.29 is 14.3 Å². The molecule has 6 heteroatoms. The number of hydrogen-bond acceptors (Lipinski definition) is 4. The molecule has 0 fully saturated rings. The zero-order chi connectivity index (χ0) is 15.4. The van der Waals surface area contributed by atoms with Crippen LogP contribution in [0.1, 0.15) is 6.42 Å². The Bertz CT molecular complexity index is 691. The van der Waals surface area contributed by atoms with Gasteiger partial charge >= 0.3 is 0 Å². The standard InChI is InChI=1S/C16H15ClN2O3/c17-11-2-1-3-13(8-11)19-16(20)6-7-18-12-4-5-14-15(9-12)22-10-21-14/h1-5,8-9,18H,6-7,10H2,(H,19,20). The predicted molar refractivity (Wildman–Crippen MR) is 85.8 cm³/mol. The van der Waals surface area contributed by atoms with E-state index in [1.165, 1.54) is 0 Å². The third-order valence-electron chi connectivity index (χ3n) is 3.16. The second-order valence-electron chi connectivity index (χ2n) is 4.80. The lowest BCUT2D eigenvalue weighted by Crippen LogP contribution is -2.16. The quantitative estimate of drug-likeness (QED) is 0.885. The van der Waals surface area contributed by atoms with Crippen molar-refractivity contribution in [1.82, 2.24) is 0 Å². The Labute approximate surface area is 133 Å². The molecule has 0 aliphatic carbocycles. The van der Waals surface area contributed by atoms with Crippen molar-refractivity contribution >= 4 is 28.9 Å². The van der Waals surface area contributed by atoms with Crippen molar-refractivity contribution in [3.05, 3.63) is 47.5 Å². The maximum absolute atomic E-state index is 11.9. The summed E-state index contributed by atoms with van der Waals surface area (Å²) in [6, 6.07) is 12.7. The lowest BCUT2D eigenvalue weighted by atomic mass is 10.2. The molecule has 22 heavy (non-hydrogen) atoms. The minimum Gasteiger partial charge on any atom is -0.454 e. The van der Waals surface area contributed by atoms with E-state index >= 15 is 0 Å². The zero-order valence-corrected chi connectivity index (χ0v) is 12.5. The minimum absolute atomic E-state index is 0.0736. The van der Waals surface area contributed by atoms with Crippen LogP contribution in [0.2, 0.25) is 5.02 Å². The minimum atomic E-state index is -0.0736. The molecule has 114 valence electrons. The number of hydrogen-bond donors (Lipinski definition) is 2. The molecule has 0 atom stereocenters. The number of halogens is 1. The number of nitrogens with one attached hydrogen (secondary N) is 2. The molecule has 1 aliphatic heterocycles. The SMILES string of the molecule is O=C(CCNc1ccc2c(c1)OCO2)Nc1cccc(Cl)c1. The van der Waals surface area contributed by atoms with Crippen LogP contribution in [0.5, 0.6) is 11.5 Å². The third kappa shape index (κ3) is 3.62. The van der Waals surface area contributed by atoms with Gasteiger partial charge in [0.25, 0.3) is 0 Å². The van der Waals surface area contributed by atoms with Crippen molar-refractivity contribution in [2.75, 3.05) is 24.0 Å². The van der Waals surface area contributed by atoms with E-state index in [2.05, 4.69) is 10.6 Å². The van der Waals surface area contributed by atoms with Gasteiger partial charge in [0.1, 0.15) is 0 Å². The smallest absolute Gasteiger partial charge is 0.231 e. The van der Waals surface area contributed by atoms with Crippen molar-refractivity contribution in [3.8, 4) is 11.5 Å². The van der Waals surface area contributed by atoms with Crippen molar-refractivity contribution in [2.45, 2.75) is 6.42 Å². The summed E-state index contributed by atoms with van der Waals surface area (Å²) in [5.41, 5.74) is 1.58. The second-order valence-corrected chi connectivity index (χ2v) is 5.24. The second kappa shape index (κ2) is 6.58. The topological polar surface area (TPSA) is 59.6 Å². The molecule has 2 N–H and O–H groups in total. The third-order valence-corrected chi connectivity index (χ3v) is 3.40. The number of rotatable bonds is 5. The average molecular weight is 319 g/mol. The molecule has 0 spiro atoms. The van der Waals surface area contributed by atoms with Crippen LogP contribution < -0.4 is 20.1 Å². The number of fused-ring (bicyclic) bond motifs is 1. The Hall–Kier alpha value is -2.40. The fraction of sp³-hybridized carbons (Fsp3) is 0.188. The molecule has 1 aliphatic rings. The molecule has 3 rings (SSSR count). The van der Waals surface area contributed by atoms with E-state index in [0.29, 0.717) is 29.4 Å². The summed E-state index contributed by atoms with van der Waals surface area (Å²) in [5, 5.41) is 6.58. The van der Waals surface area contributed by atoms with E-state index < -0.39 is 0 Å². The molecule has 0 unspecified atom stereocenters. The molecule has 1 amide bonds. The molecule has 0 aromatic heterocycles. The summed E-state index contributed by atoms with van der Waals surface area (Å²) < 4.78 is 10.5. The van der Waals surface area contributed by atoms with E-state index in [4.69, 9.17) is 21.1 Å². The molecule has 0 radical (unpaired) electrons. The summed E-state index contributed by atoms with van der Waals surface area (Å²) in [6.07, 6.45) is 0.348. The van der Waals surface area contributed by atoms with E-state index in [1.54, 1.807) is 24.3 Å². The molecule has 1 heterocycles. The number of anilines is 2. The number of benzene rings is 2. The van der Waals surface area contributed by atoms with Crippen molar-refractivity contribution in [3.63, 3.8) is 0 Å². The summed E-state index contributed by atoms with van der Waals surface area (Å²) >= 11 is 5.87. The lowest BCUT2D eigenvalue weighted by molar-refractivity contribution is -0.115. The first-order chi connectivity index (χ1) is 10.7. The molecule has 2 aromatic carbocycles. The first-order valence-electron chi connectivity index (χ1n) is 6.90. The van der Waals surface area contributed by atoms with E-state index in [1.807, 2.05) is 18.2 Å². The first kappa shape index (κ1) is 14.5. The van der Waals surface area contributed by atoms with E-state index in [9.17, 15) is 4.79 Å². The van der Waals surface area contributed by atoms with Gasteiger partial charge < -0.3 is 20.1 Å². The summed E-state index contributed by atoms with van der Waals surface area (Å²) in [7, 11) is 0. The van der Waals surface area contributed by atoms with Crippen LogP contribution in [0, 0.1) is 0 Å². The fourth-order valence-electron chi connectivity index (χ4n) is 2.12. The van der Waals surface area contributed by atoms with Crippen LogP contribution in [0.25, 0.3) is 0 Å². The van der Waals surface area contributed by atoms with Gasteiger partial charge in [0.2, 0.25) is 12.7 Å².